The Morgan fingerprint density at radius 2 is 2.44 bits per heavy atom. The molecular weight excluding hydrogens is 270 g/mol. The van der Waals surface area contributed by atoms with Crippen LogP contribution in [0.5, 0.6) is 0 Å². The quantitative estimate of drug-likeness (QED) is 0.926. The van der Waals surface area contributed by atoms with Crippen molar-refractivity contribution in [1.29, 1.82) is 0 Å². The lowest BCUT2D eigenvalue weighted by molar-refractivity contribution is 0.247. The summed E-state index contributed by atoms with van der Waals surface area (Å²) < 4.78 is 0.916. The molecule has 1 aliphatic rings. The molecule has 0 aromatic carbocycles. The maximum Gasteiger partial charge on any atom is 0.322 e. The van der Waals surface area contributed by atoms with Crippen molar-refractivity contribution >= 4 is 27.8 Å². The van der Waals surface area contributed by atoms with Crippen LogP contribution in [0.3, 0.4) is 0 Å². The summed E-state index contributed by atoms with van der Waals surface area (Å²) in [6.07, 6.45) is 4.14. The van der Waals surface area contributed by atoms with Crippen molar-refractivity contribution in [3.8, 4) is 0 Å². The standard InChI is InChI=1S/C11H14BrN3O/c1-15(10-6-9(12)4-5-13-10)11(16)14-7-8-2-3-8/h4-6,8H,2-3,7H2,1H3,(H,14,16). The van der Waals surface area contributed by atoms with Crippen LogP contribution >= 0.6 is 15.9 Å². The van der Waals surface area contributed by atoms with Crippen molar-refractivity contribution in [2.75, 3.05) is 18.5 Å². The van der Waals surface area contributed by atoms with Crippen molar-refractivity contribution in [3.05, 3.63) is 22.8 Å². The fourth-order valence-electron chi connectivity index (χ4n) is 1.35. The molecule has 0 unspecified atom stereocenters. The molecule has 0 spiro atoms. The molecule has 2 rings (SSSR count). The van der Waals surface area contributed by atoms with Crippen molar-refractivity contribution in [1.82, 2.24) is 10.3 Å². The number of amides is 2. The first-order valence-corrected chi connectivity index (χ1v) is 6.09. The number of halogens is 1. The predicted molar refractivity (Wildman–Crippen MR) is 66.5 cm³/mol. The molecule has 0 radical (unpaired) electrons. The van der Waals surface area contributed by atoms with E-state index in [1.165, 1.54) is 17.7 Å². The third-order valence-electron chi connectivity index (χ3n) is 2.59. The topological polar surface area (TPSA) is 45.2 Å². The van der Waals surface area contributed by atoms with Crippen LogP contribution in [0, 0.1) is 5.92 Å². The zero-order valence-corrected chi connectivity index (χ0v) is 10.7. The Morgan fingerprint density at radius 3 is 3.06 bits per heavy atom. The number of aromatic nitrogens is 1. The highest BCUT2D eigenvalue weighted by atomic mass is 79.9. The molecule has 16 heavy (non-hydrogen) atoms. The summed E-state index contributed by atoms with van der Waals surface area (Å²) in [5, 5.41) is 2.89. The number of pyridine rings is 1. The van der Waals surface area contributed by atoms with Crippen LogP contribution in [0.25, 0.3) is 0 Å². The number of carbonyl (C=O) groups excluding carboxylic acids is 1. The Kier molecular flexibility index (Phi) is 3.43. The van der Waals surface area contributed by atoms with E-state index in [9.17, 15) is 4.79 Å². The maximum atomic E-state index is 11.7. The van der Waals surface area contributed by atoms with E-state index in [-0.39, 0.29) is 6.03 Å². The minimum Gasteiger partial charge on any atom is -0.337 e. The van der Waals surface area contributed by atoms with Crippen molar-refractivity contribution in [3.63, 3.8) is 0 Å². The van der Waals surface area contributed by atoms with Gasteiger partial charge in [0, 0.05) is 24.3 Å². The van der Waals surface area contributed by atoms with Gasteiger partial charge in [-0.3, -0.25) is 4.90 Å². The number of hydrogen-bond donors (Lipinski definition) is 1. The second-order valence-corrected chi connectivity index (χ2v) is 4.94. The van der Waals surface area contributed by atoms with Gasteiger partial charge < -0.3 is 5.32 Å². The lowest BCUT2D eigenvalue weighted by Gasteiger charge is -2.16. The van der Waals surface area contributed by atoms with Crippen LogP contribution < -0.4 is 10.2 Å². The number of anilines is 1. The molecular formula is C11H14BrN3O. The fraction of sp³-hybridized carbons (Fsp3) is 0.455. The van der Waals surface area contributed by atoms with Gasteiger partial charge in [0.05, 0.1) is 0 Å². The van der Waals surface area contributed by atoms with Crippen molar-refractivity contribution < 1.29 is 4.79 Å². The first-order valence-electron chi connectivity index (χ1n) is 5.30. The highest BCUT2D eigenvalue weighted by molar-refractivity contribution is 9.10. The second-order valence-electron chi connectivity index (χ2n) is 4.02. The number of rotatable bonds is 3. The number of urea groups is 1. The molecule has 1 fully saturated rings. The summed E-state index contributed by atoms with van der Waals surface area (Å²) in [4.78, 5) is 17.4. The molecule has 86 valence electrons. The van der Waals surface area contributed by atoms with Gasteiger partial charge in [0.2, 0.25) is 0 Å². The average Bonchev–Trinajstić information content (AvgIpc) is 3.08. The summed E-state index contributed by atoms with van der Waals surface area (Å²) >= 11 is 3.35. The molecule has 1 aliphatic carbocycles. The first-order chi connectivity index (χ1) is 7.66. The Balaban J connectivity index is 1.94. The predicted octanol–water partition coefficient (Wildman–Crippen LogP) is 2.40. The van der Waals surface area contributed by atoms with E-state index in [2.05, 4.69) is 26.2 Å². The summed E-state index contributed by atoms with van der Waals surface area (Å²) in [6.45, 7) is 0.775. The van der Waals surface area contributed by atoms with Gasteiger partial charge >= 0.3 is 6.03 Å². The molecule has 2 amide bonds. The monoisotopic (exact) mass is 283 g/mol. The van der Waals surface area contributed by atoms with E-state index in [1.807, 2.05) is 12.1 Å². The lowest BCUT2D eigenvalue weighted by atomic mass is 10.4. The zero-order chi connectivity index (χ0) is 11.5. The minimum absolute atomic E-state index is 0.0995. The van der Waals surface area contributed by atoms with E-state index in [1.54, 1.807) is 13.2 Å². The van der Waals surface area contributed by atoms with E-state index in [0.29, 0.717) is 11.7 Å². The highest BCUT2D eigenvalue weighted by Crippen LogP contribution is 2.27. The lowest BCUT2D eigenvalue weighted by Crippen LogP contribution is -2.38. The number of nitrogens with zero attached hydrogens (tertiary/aromatic N) is 2. The van der Waals surface area contributed by atoms with E-state index >= 15 is 0 Å². The summed E-state index contributed by atoms with van der Waals surface area (Å²) in [7, 11) is 1.72. The summed E-state index contributed by atoms with van der Waals surface area (Å²) in [5.41, 5.74) is 0. The molecule has 1 aromatic heterocycles. The molecule has 0 bridgehead atoms. The van der Waals surface area contributed by atoms with E-state index in [4.69, 9.17) is 0 Å². The summed E-state index contributed by atoms with van der Waals surface area (Å²) in [6, 6.07) is 3.55. The third-order valence-corrected chi connectivity index (χ3v) is 3.09. The zero-order valence-electron chi connectivity index (χ0n) is 9.11. The Bertz CT molecular complexity index is 393. The van der Waals surface area contributed by atoms with Crippen molar-refractivity contribution in [2.45, 2.75) is 12.8 Å². The minimum atomic E-state index is -0.0995. The second kappa shape index (κ2) is 4.82. The van der Waals surface area contributed by atoms with Gasteiger partial charge in [-0.1, -0.05) is 15.9 Å². The van der Waals surface area contributed by atoms with Gasteiger partial charge in [-0.15, -0.1) is 0 Å². The van der Waals surface area contributed by atoms with Gasteiger partial charge in [0.1, 0.15) is 5.82 Å². The van der Waals surface area contributed by atoms with E-state index in [0.717, 1.165) is 11.0 Å². The van der Waals surface area contributed by atoms with Crippen LogP contribution in [-0.2, 0) is 0 Å². The molecule has 5 heteroatoms. The number of nitrogens with one attached hydrogen (secondary N) is 1. The molecule has 1 saturated carbocycles. The molecule has 1 heterocycles. The molecule has 0 saturated heterocycles. The van der Waals surface area contributed by atoms with Crippen molar-refractivity contribution in [2.24, 2.45) is 5.92 Å². The number of hydrogen-bond acceptors (Lipinski definition) is 2. The first kappa shape index (κ1) is 11.4. The Hall–Kier alpha value is -1.10. The average molecular weight is 284 g/mol. The maximum absolute atomic E-state index is 11.7. The van der Waals surface area contributed by atoms with Crippen LogP contribution in [0.15, 0.2) is 22.8 Å². The largest absolute Gasteiger partial charge is 0.337 e. The summed E-state index contributed by atoms with van der Waals surface area (Å²) in [5.74, 6) is 1.33. The van der Waals surface area contributed by atoms with Gasteiger partial charge in [-0.25, -0.2) is 9.78 Å². The highest BCUT2D eigenvalue weighted by Gasteiger charge is 2.22. The molecule has 1 N–H and O–H groups in total. The third kappa shape index (κ3) is 2.95. The van der Waals surface area contributed by atoms with Crippen LogP contribution in [0.2, 0.25) is 0 Å². The van der Waals surface area contributed by atoms with Crippen LogP contribution in [-0.4, -0.2) is 24.6 Å². The fourth-order valence-corrected chi connectivity index (χ4v) is 1.68. The van der Waals surface area contributed by atoms with Crippen LogP contribution in [0.4, 0.5) is 10.6 Å². The molecule has 0 aliphatic heterocycles. The number of carbonyl (C=O) groups is 1. The van der Waals surface area contributed by atoms with E-state index < -0.39 is 0 Å². The van der Waals surface area contributed by atoms with Crippen LogP contribution in [0.1, 0.15) is 12.8 Å². The molecule has 1 aromatic rings. The normalized spacial score (nSPS) is 14.6. The Morgan fingerprint density at radius 1 is 1.69 bits per heavy atom. The molecule has 4 nitrogen and oxygen atoms in total. The van der Waals surface area contributed by atoms with Gasteiger partial charge in [0.15, 0.2) is 0 Å². The SMILES string of the molecule is CN(C(=O)NCC1CC1)c1cc(Br)ccn1. The molecule has 0 atom stereocenters. The van der Waals surface area contributed by atoms with Gasteiger partial charge in [-0.05, 0) is 30.9 Å². The van der Waals surface area contributed by atoms with Gasteiger partial charge in [-0.2, -0.15) is 0 Å². The smallest absolute Gasteiger partial charge is 0.322 e. The van der Waals surface area contributed by atoms with Gasteiger partial charge in [0.25, 0.3) is 0 Å². The Labute approximate surface area is 103 Å².